The maximum absolute atomic E-state index is 11.8. The molecule has 0 radical (unpaired) electrons. The molecule has 1 aliphatic heterocycles. The van der Waals surface area contributed by atoms with Gasteiger partial charge in [0.05, 0.1) is 24.4 Å². The number of nitrogens with one attached hydrogen (secondary N) is 2. The molecule has 2 heterocycles. The van der Waals surface area contributed by atoms with E-state index in [0.29, 0.717) is 12.5 Å². The number of aromatic nitrogens is 3. The molecule has 1 aromatic heterocycles. The zero-order chi connectivity index (χ0) is 17.6. The van der Waals surface area contributed by atoms with Crippen LogP contribution in [0.4, 0.5) is 4.79 Å². The van der Waals surface area contributed by atoms with E-state index in [9.17, 15) is 9.90 Å². The van der Waals surface area contributed by atoms with E-state index in [2.05, 4.69) is 20.9 Å². The molecule has 2 fully saturated rings. The van der Waals surface area contributed by atoms with E-state index < -0.39 is 0 Å². The highest BCUT2D eigenvalue weighted by atomic mass is 16.5. The third-order valence-corrected chi connectivity index (χ3v) is 4.88. The van der Waals surface area contributed by atoms with Crippen molar-refractivity contribution >= 4 is 6.03 Å². The van der Waals surface area contributed by atoms with Crippen LogP contribution in [0.3, 0.4) is 0 Å². The highest BCUT2D eigenvalue weighted by molar-refractivity contribution is 5.74. The summed E-state index contributed by atoms with van der Waals surface area (Å²) < 4.78 is 7.87. The van der Waals surface area contributed by atoms with Crippen LogP contribution in [0, 0.1) is 0 Å². The second kappa shape index (κ2) is 8.62. The molecule has 0 aromatic carbocycles. The Morgan fingerprint density at radius 3 is 2.96 bits per heavy atom. The van der Waals surface area contributed by atoms with Crippen molar-refractivity contribution in [3.63, 3.8) is 0 Å². The number of aliphatic hydroxyl groups is 1. The summed E-state index contributed by atoms with van der Waals surface area (Å²) in [6.07, 6.45) is 7.59. The van der Waals surface area contributed by atoms with Gasteiger partial charge in [-0.2, -0.15) is 0 Å². The van der Waals surface area contributed by atoms with Crippen LogP contribution in [0.5, 0.6) is 0 Å². The SMILES string of the molecule is CCCNC(=O)N[C@H]1CC[C@H](CCn2cc(C3CC3)nn2)O[C@H]1CO. The average Bonchev–Trinajstić information content (AvgIpc) is 3.37. The predicted molar refractivity (Wildman–Crippen MR) is 92.2 cm³/mol. The normalized spacial score (nSPS) is 26.4. The van der Waals surface area contributed by atoms with Crippen molar-refractivity contribution in [2.45, 2.75) is 76.2 Å². The van der Waals surface area contributed by atoms with Crippen molar-refractivity contribution in [3.8, 4) is 0 Å². The van der Waals surface area contributed by atoms with Crippen LogP contribution in [-0.2, 0) is 11.3 Å². The number of nitrogens with zero attached hydrogens (tertiary/aromatic N) is 3. The molecule has 1 aliphatic carbocycles. The number of aryl methyl sites for hydroxylation is 1. The summed E-state index contributed by atoms with van der Waals surface area (Å²) in [6.45, 7) is 3.32. The number of urea groups is 1. The minimum absolute atomic E-state index is 0.0717. The van der Waals surface area contributed by atoms with Crippen LogP contribution in [0.1, 0.15) is 57.1 Å². The lowest BCUT2D eigenvalue weighted by atomic mass is 9.97. The fraction of sp³-hybridized carbons (Fsp3) is 0.824. The number of carbonyl (C=O) groups is 1. The van der Waals surface area contributed by atoms with Gasteiger partial charge in [-0.15, -0.1) is 5.10 Å². The molecule has 3 N–H and O–H groups in total. The smallest absolute Gasteiger partial charge is 0.315 e. The third-order valence-electron chi connectivity index (χ3n) is 4.88. The molecule has 8 heteroatoms. The number of hydrogen-bond acceptors (Lipinski definition) is 5. The Labute approximate surface area is 148 Å². The number of carbonyl (C=O) groups excluding carboxylic acids is 1. The Hall–Kier alpha value is -1.67. The van der Waals surface area contributed by atoms with E-state index in [1.54, 1.807) is 0 Å². The summed E-state index contributed by atoms with van der Waals surface area (Å²) in [6, 6.07) is -0.339. The van der Waals surface area contributed by atoms with Crippen molar-refractivity contribution in [1.29, 1.82) is 0 Å². The van der Waals surface area contributed by atoms with Crippen LogP contribution in [-0.4, -0.2) is 57.5 Å². The van der Waals surface area contributed by atoms with E-state index in [1.807, 2.05) is 17.8 Å². The monoisotopic (exact) mass is 351 g/mol. The Balaban J connectivity index is 1.43. The molecule has 8 nitrogen and oxygen atoms in total. The lowest BCUT2D eigenvalue weighted by Gasteiger charge is -2.36. The summed E-state index contributed by atoms with van der Waals surface area (Å²) in [5.41, 5.74) is 1.10. The van der Waals surface area contributed by atoms with E-state index >= 15 is 0 Å². The first-order valence-corrected chi connectivity index (χ1v) is 9.40. The minimum atomic E-state index is -0.358. The van der Waals surface area contributed by atoms with E-state index in [4.69, 9.17) is 4.74 Å². The number of rotatable bonds is 8. The highest BCUT2D eigenvalue weighted by Crippen LogP contribution is 2.38. The molecule has 2 amide bonds. The number of hydrogen-bond donors (Lipinski definition) is 3. The van der Waals surface area contributed by atoms with Crippen LogP contribution in [0.2, 0.25) is 0 Å². The van der Waals surface area contributed by atoms with Gasteiger partial charge in [-0.05, 0) is 38.5 Å². The molecule has 25 heavy (non-hydrogen) atoms. The van der Waals surface area contributed by atoms with Gasteiger partial charge in [-0.3, -0.25) is 4.68 Å². The quantitative estimate of drug-likeness (QED) is 0.652. The molecule has 1 aromatic rings. The van der Waals surface area contributed by atoms with E-state index in [-0.39, 0.29) is 30.9 Å². The van der Waals surface area contributed by atoms with Gasteiger partial charge in [0.2, 0.25) is 0 Å². The number of amides is 2. The summed E-state index contributed by atoms with van der Waals surface area (Å²) in [5, 5.41) is 23.7. The lowest BCUT2D eigenvalue weighted by Crippen LogP contribution is -2.53. The predicted octanol–water partition coefficient (Wildman–Crippen LogP) is 1.16. The third kappa shape index (κ3) is 5.15. The summed E-state index contributed by atoms with van der Waals surface area (Å²) >= 11 is 0. The maximum Gasteiger partial charge on any atom is 0.315 e. The van der Waals surface area contributed by atoms with Gasteiger partial charge in [0, 0.05) is 25.2 Å². The van der Waals surface area contributed by atoms with Crippen molar-refractivity contribution in [3.05, 3.63) is 11.9 Å². The average molecular weight is 351 g/mol. The topological polar surface area (TPSA) is 101 Å². The summed E-state index contributed by atoms with van der Waals surface area (Å²) in [7, 11) is 0. The van der Waals surface area contributed by atoms with Gasteiger partial charge < -0.3 is 20.5 Å². The molecule has 0 unspecified atom stereocenters. The van der Waals surface area contributed by atoms with Crippen molar-refractivity contribution in [2.24, 2.45) is 0 Å². The maximum atomic E-state index is 11.8. The number of aliphatic hydroxyl groups excluding tert-OH is 1. The van der Waals surface area contributed by atoms with Gasteiger partial charge in [-0.1, -0.05) is 12.1 Å². The fourth-order valence-electron chi connectivity index (χ4n) is 3.23. The first-order valence-electron chi connectivity index (χ1n) is 9.40. The Bertz CT molecular complexity index is 560. The van der Waals surface area contributed by atoms with E-state index in [1.165, 1.54) is 12.8 Å². The fourth-order valence-corrected chi connectivity index (χ4v) is 3.23. The molecule has 0 spiro atoms. The lowest BCUT2D eigenvalue weighted by molar-refractivity contribution is -0.0907. The Morgan fingerprint density at radius 1 is 1.40 bits per heavy atom. The number of ether oxygens (including phenoxy) is 1. The van der Waals surface area contributed by atoms with Crippen molar-refractivity contribution < 1.29 is 14.6 Å². The first-order chi connectivity index (χ1) is 12.2. The molecule has 2 aliphatic rings. The molecule has 0 bridgehead atoms. The van der Waals surface area contributed by atoms with Gasteiger partial charge >= 0.3 is 6.03 Å². The summed E-state index contributed by atoms with van der Waals surface area (Å²) in [5.74, 6) is 0.615. The van der Waals surface area contributed by atoms with Crippen molar-refractivity contribution in [1.82, 2.24) is 25.6 Å². The zero-order valence-electron chi connectivity index (χ0n) is 14.9. The van der Waals surface area contributed by atoms with Gasteiger partial charge in [0.25, 0.3) is 0 Å². The summed E-state index contributed by atoms with van der Waals surface area (Å²) in [4.78, 5) is 11.8. The molecule has 3 atom stereocenters. The molecule has 1 saturated carbocycles. The van der Waals surface area contributed by atoms with Crippen molar-refractivity contribution in [2.75, 3.05) is 13.2 Å². The van der Waals surface area contributed by atoms with Gasteiger partial charge in [0.15, 0.2) is 0 Å². The van der Waals surface area contributed by atoms with Crippen LogP contribution < -0.4 is 10.6 Å². The van der Waals surface area contributed by atoms with Crippen LogP contribution in [0.15, 0.2) is 6.20 Å². The van der Waals surface area contributed by atoms with Gasteiger partial charge in [0.1, 0.15) is 6.10 Å². The molecular formula is C17H29N5O3. The minimum Gasteiger partial charge on any atom is -0.394 e. The molecule has 140 valence electrons. The highest BCUT2D eigenvalue weighted by Gasteiger charge is 2.32. The molecular weight excluding hydrogens is 322 g/mol. The van der Waals surface area contributed by atoms with Crippen LogP contribution >= 0.6 is 0 Å². The Kier molecular flexibility index (Phi) is 6.25. The van der Waals surface area contributed by atoms with E-state index in [0.717, 1.165) is 37.9 Å². The molecule has 1 saturated heterocycles. The first kappa shape index (κ1) is 18.1. The largest absolute Gasteiger partial charge is 0.394 e. The molecule has 3 rings (SSSR count). The second-order valence-corrected chi connectivity index (χ2v) is 7.03. The van der Waals surface area contributed by atoms with Gasteiger partial charge in [-0.25, -0.2) is 4.79 Å². The zero-order valence-corrected chi connectivity index (χ0v) is 14.9. The second-order valence-electron chi connectivity index (χ2n) is 7.03. The standard InChI is InChI=1S/C17H29N5O3/c1-2-8-18-17(24)19-14-6-5-13(25-16(14)11-23)7-9-22-10-15(20-21-22)12-3-4-12/h10,12-14,16,23H,2-9,11H2,1H3,(H2,18,19,24)/t13-,14+,16+/m1/s1. The Morgan fingerprint density at radius 2 is 2.24 bits per heavy atom. The van der Waals surface area contributed by atoms with Crippen LogP contribution in [0.25, 0.3) is 0 Å².